The molecule has 0 spiro atoms. The van der Waals surface area contributed by atoms with Gasteiger partial charge in [0.15, 0.2) is 0 Å². The molecule has 0 unspecified atom stereocenters. The van der Waals surface area contributed by atoms with Crippen molar-refractivity contribution in [1.29, 1.82) is 0 Å². The summed E-state index contributed by atoms with van der Waals surface area (Å²) in [7, 11) is 0. The molecule has 0 heterocycles. The molecule has 114 valence electrons. The van der Waals surface area contributed by atoms with Crippen LogP contribution >= 0.6 is 34.8 Å². The Kier molecular flexibility index (Phi) is 5.66. The van der Waals surface area contributed by atoms with Crippen LogP contribution in [0.4, 0.5) is 5.69 Å². The van der Waals surface area contributed by atoms with Gasteiger partial charge in [-0.3, -0.25) is 9.59 Å². The van der Waals surface area contributed by atoms with E-state index >= 15 is 0 Å². The summed E-state index contributed by atoms with van der Waals surface area (Å²) >= 11 is 17.6. The summed E-state index contributed by atoms with van der Waals surface area (Å²) in [6.45, 7) is 0.155. The van der Waals surface area contributed by atoms with Crippen LogP contribution in [0.1, 0.15) is 5.56 Å². The first-order valence-electron chi connectivity index (χ1n) is 6.24. The highest BCUT2D eigenvalue weighted by Gasteiger charge is 2.14. The van der Waals surface area contributed by atoms with Gasteiger partial charge in [-0.05, 0) is 29.8 Å². The maximum Gasteiger partial charge on any atom is 0.313 e. The minimum atomic E-state index is -0.814. The zero-order chi connectivity index (χ0) is 16.1. The predicted octanol–water partition coefficient (Wildman–Crippen LogP) is 3.90. The van der Waals surface area contributed by atoms with Crippen molar-refractivity contribution in [1.82, 2.24) is 5.32 Å². The van der Waals surface area contributed by atoms with E-state index in [0.717, 1.165) is 5.56 Å². The van der Waals surface area contributed by atoms with Crippen LogP contribution in [0, 0.1) is 0 Å². The van der Waals surface area contributed by atoms with Gasteiger partial charge in [-0.25, -0.2) is 0 Å². The molecule has 4 nitrogen and oxygen atoms in total. The molecule has 0 fully saturated rings. The fourth-order valence-corrected chi connectivity index (χ4v) is 2.44. The Morgan fingerprint density at radius 2 is 1.55 bits per heavy atom. The van der Waals surface area contributed by atoms with Gasteiger partial charge in [-0.15, -0.1) is 0 Å². The summed E-state index contributed by atoms with van der Waals surface area (Å²) in [6, 6.07) is 11.6. The van der Waals surface area contributed by atoms with Crippen LogP contribution in [-0.2, 0) is 16.1 Å². The fourth-order valence-electron chi connectivity index (χ4n) is 1.71. The molecule has 2 amide bonds. The van der Waals surface area contributed by atoms with Crippen LogP contribution in [-0.4, -0.2) is 11.8 Å². The molecule has 2 aromatic carbocycles. The maximum absolute atomic E-state index is 11.8. The third-order valence-electron chi connectivity index (χ3n) is 2.72. The molecular weight excluding hydrogens is 347 g/mol. The number of nitrogens with one attached hydrogen (secondary N) is 2. The summed E-state index contributed by atoms with van der Waals surface area (Å²) in [4.78, 5) is 23.6. The van der Waals surface area contributed by atoms with E-state index in [1.807, 2.05) is 0 Å². The average Bonchev–Trinajstić information content (AvgIpc) is 2.45. The van der Waals surface area contributed by atoms with Gasteiger partial charge >= 0.3 is 11.8 Å². The normalized spacial score (nSPS) is 10.1. The van der Waals surface area contributed by atoms with Gasteiger partial charge in [0.25, 0.3) is 0 Å². The van der Waals surface area contributed by atoms with Gasteiger partial charge in [0.2, 0.25) is 0 Å². The molecule has 2 N–H and O–H groups in total. The monoisotopic (exact) mass is 356 g/mol. The smallest absolute Gasteiger partial charge is 0.313 e. The summed E-state index contributed by atoms with van der Waals surface area (Å²) in [5, 5.41) is 6.15. The van der Waals surface area contributed by atoms with Gasteiger partial charge < -0.3 is 10.6 Å². The Bertz CT molecular complexity index is 699. The van der Waals surface area contributed by atoms with Crippen LogP contribution in [0.3, 0.4) is 0 Å². The number of benzene rings is 2. The zero-order valence-corrected chi connectivity index (χ0v) is 13.5. The molecule has 0 saturated carbocycles. The largest absolute Gasteiger partial charge is 0.344 e. The lowest BCUT2D eigenvalue weighted by atomic mass is 10.2. The highest BCUT2D eigenvalue weighted by molar-refractivity contribution is 6.40. The van der Waals surface area contributed by atoms with Crippen molar-refractivity contribution in [2.45, 2.75) is 6.54 Å². The van der Waals surface area contributed by atoms with E-state index < -0.39 is 11.8 Å². The molecule has 2 aromatic rings. The Balaban J connectivity index is 1.95. The molecule has 0 aromatic heterocycles. The molecule has 22 heavy (non-hydrogen) atoms. The first kappa shape index (κ1) is 16.6. The first-order valence-corrected chi connectivity index (χ1v) is 7.38. The van der Waals surface area contributed by atoms with Gasteiger partial charge in [-0.1, -0.05) is 53.0 Å². The highest BCUT2D eigenvalue weighted by Crippen LogP contribution is 2.22. The van der Waals surface area contributed by atoms with Crippen LogP contribution in [0.15, 0.2) is 42.5 Å². The summed E-state index contributed by atoms with van der Waals surface area (Å²) < 4.78 is 0. The van der Waals surface area contributed by atoms with Crippen LogP contribution < -0.4 is 10.6 Å². The lowest BCUT2D eigenvalue weighted by Gasteiger charge is -2.08. The van der Waals surface area contributed by atoms with Gasteiger partial charge in [0.05, 0.1) is 0 Å². The van der Waals surface area contributed by atoms with Gasteiger partial charge in [0.1, 0.15) is 0 Å². The minimum Gasteiger partial charge on any atom is -0.344 e. The molecule has 0 bridgehead atoms. The van der Waals surface area contributed by atoms with E-state index in [9.17, 15) is 9.59 Å². The van der Waals surface area contributed by atoms with E-state index in [0.29, 0.717) is 20.8 Å². The number of amides is 2. The molecule has 0 aliphatic carbocycles. The van der Waals surface area contributed by atoms with Crippen molar-refractivity contribution in [2.75, 3.05) is 5.32 Å². The molecule has 2 rings (SSSR count). The van der Waals surface area contributed by atoms with Crippen LogP contribution in [0.25, 0.3) is 0 Å². The van der Waals surface area contributed by atoms with Crippen molar-refractivity contribution in [2.24, 2.45) is 0 Å². The van der Waals surface area contributed by atoms with E-state index in [-0.39, 0.29) is 6.54 Å². The van der Waals surface area contributed by atoms with E-state index in [1.54, 1.807) is 24.3 Å². The number of hydrogen-bond donors (Lipinski definition) is 2. The molecule has 0 atom stereocenters. The van der Waals surface area contributed by atoms with E-state index in [2.05, 4.69) is 10.6 Å². The number of rotatable bonds is 3. The van der Waals surface area contributed by atoms with Crippen LogP contribution in [0.5, 0.6) is 0 Å². The van der Waals surface area contributed by atoms with E-state index in [4.69, 9.17) is 34.8 Å². The number of anilines is 1. The Labute approximate surface area is 142 Å². The topological polar surface area (TPSA) is 58.2 Å². The maximum atomic E-state index is 11.8. The van der Waals surface area contributed by atoms with Crippen molar-refractivity contribution < 1.29 is 9.59 Å². The summed E-state index contributed by atoms with van der Waals surface area (Å²) in [6.07, 6.45) is 0. The molecule has 0 aliphatic rings. The van der Waals surface area contributed by atoms with Crippen molar-refractivity contribution in [3.63, 3.8) is 0 Å². The second-order valence-electron chi connectivity index (χ2n) is 4.39. The highest BCUT2D eigenvalue weighted by atomic mass is 35.5. The number of carbonyl (C=O) groups is 2. The Hall–Kier alpha value is -1.75. The number of halogens is 3. The summed E-state index contributed by atoms with van der Waals surface area (Å²) in [5.74, 6) is -1.60. The summed E-state index contributed by atoms with van der Waals surface area (Å²) in [5.41, 5.74) is 1.06. The third kappa shape index (κ3) is 4.63. The molecular formula is C15H11Cl3N2O2. The van der Waals surface area contributed by atoms with Crippen LogP contribution in [0.2, 0.25) is 15.1 Å². The average molecular weight is 358 g/mol. The zero-order valence-electron chi connectivity index (χ0n) is 11.2. The molecule has 7 heteroatoms. The Morgan fingerprint density at radius 1 is 0.909 bits per heavy atom. The first-order chi connectivity index (χ1) is 10.5. The predicted molar refractivity (Wildman–Crippen MR) is 88.4 cm³/mol. The van der Waals surface area contributed by atoms with Crippen molar-refractivity contribution in [3.05, 3.63) is 63.1 Å². The quantitative estimate of drug-likeness (QED) is 0.819. The number of carbonyl (C=O) groups excluding carboxylic acids is 2. The van der Waals surface area contributed by atoms with Gasteiger partial charge in [0, 0.05) is 27.3 Å². The second kappa shape index (κ2) is 7.49. The molecule has 0 aliphatic heterocycles. The molecule has 0 radical (unpaired) electrons. The Morgan fingerprint density at radius 3 is 2.18 bits per heavy atom. The minimum absolute atomic E-state index is 0.155. The lowest BCUT2D eigenvalue weighted by Crippen LogP contribution is -2.35. The van der Waals surface area contributed by atoms with Crippen molar-refractivity contribution in [3.8, 4) is 0 Å². The van der Waals surface area contributed by atoms with E-state index in [1.165, 1.54) is 18.2 Å². The second-order valence-corrected chi connectivity index (χ2v) is 5.67. The number of hydrogen-bond acceptors (Lipinski definition) is 2. The fraction of sp³-hybridized carbons (Fsp3) is 0.0667. The standard InChI is InChI=1S/C15H11Cl3N2O2/c16-10-5-11(17)7-12(6-10)20-15(22)14(21)19-8-9-3-1-2-4-13(9)18/h1-7H,8H2,(H,19,21)(H,20,22). The van der Waals surface area contributed by atoms with Gasteiger partial charge in [-0.2, -0.15) is 0 Å². The SMILES string of the molecule is O=C(NCc1ccccc1Cl)C(=O)Nc1cc(Cl)cc(Cl)c1. The molecule has 0 saturated heterocycles. The third-order valence-corrected chi connectivity index (χ3v) is 3.53. The lowest BCUT2D eigenvalue weighted by molar-refractivity contribution is -0.136. The van der Waals surface area contributed by atoms with Crippen molar-refractivity contribution >= 4 is 52.3 Å².